The van der Waals surface area contributed by atoms with Crippen molar-refractivity contribution in [3.63, 3.8) is 0 Å². The maximum absolute atomic E-state index is 14.1. The predicted octanol–water partition coefficient (Wildman–Crippen LogP) is 2.81. The van der Waals surface area contributed by atoms with Gasteiger partial charge in [-0.1, -0.05) is 11.6 Å². The number of allylic oxidation sites excluding steroid dienone is 1. The van der Waals surface area contributed by atoms with E-state index in [9.17, 15) is 17.6 Å². The van der Waals surface area contributed by atoms with Crippen molar-refractivity contribution in [2.45, 2.75) is 32.2 Å². The summed E-state index contributed by atoms with van der Waals surface area (Å²) in [6.07, 6.45) is 3.48. The van der Waals surface area contributed by atoms with Crippen LogP contribution in [0.15, 0.2) is 30.0 Å². The van der Waals surface area contributed by atoms with Gasteiger partial charge in [-0.25, -0.2) is 12.8 Å². The zero-order valence-electron chi connectivity index (χ0n) is 11.8. The fourth-order valence-corrected chi connectivity index (χ4v) is 3.34. The molecule has 1 aromatic rings. The Morgan fingerprint density at radius 1 is 1.45 bits per heavy atom. The Kier molecular flexibility index (Phi) is 5.42. The number of esters is 1. The van der Waals surface area contributed by atoms with Crippen LogP contribution in [0.2, 0.25) is 5.02 Å². The van der Waals surface area contributed by atoms with Gasteiger partial charge >= 0.3 is 5.97 Å². The average Bonchev–Trinajstić information content (AvgIpc) is 2.42. The van der Waals surface area contributed by atoms with Crippen LogP contribution in [-0.4, -0.2) is 20.4 Å². The van der Waals surface area contributed by atoms with E-state index in [2.05, 4.69) is 0 Å². The summed E-state index contributed by atoms with van der Waals surface area (Å²) in [5.41, 5.74) is -0.120. The second kappa shape index (κ2) is 7.11. The molecule has 0 fully saturated rings. The van der Waals surface area contributed by atoms with Gasteiger partial charge in [-0.3, -0.25) is 9.10 Å². The minimum absolute atomic E-state index is 0.120. The minimum atomic E-state index is -3.12. The Balaban J connectivity index is 2.44. The second-order valence-electron chi connectivity index (χ2n) is 4.82. The maximum Gasteiger partial charge on any atom is 0.307 e. The quantitative estimate of drug-likeness (QED) is 0.672. The fourth-order valence-electron chi connectivity index (χ4n) is 2.39. The topological polar surface area (TPSA) is 63.7 Å². The minimum Gasteiger partial charge on any atom is -0.429 e. The molecule has 1 unspecified atom stereocenters. The average molecular weight is 348 g/mol. The first-order valence-electron chi connectivity index (χ1n) is 6.67. The van der Waals surface area contributed by atoms with E-state index in [-0.39, 0.29) is 16.5 Å². The number of halogens is 2. The fraction of sp³-hybridized carbons (Fsp3) is 0.357. The number of carbonyl (C=O) groups excluding carboxylic acids is 1. The molecule has 0 saturated heterocycles. The molecule has 0 bridgehead atoms. The van der Waals surface area contributed by atoms with Crippen LogP contribution in [0.4, 0.5) is 10.1 Å². The molecule has 1 atom stereocenters. The predicted molar refractivity (Wildman–Crippen MR) is 81.7 cm³/mol. The Bertz CT molecular complexity index is 681. The maximum atomic E-state index is 14.1. The van der Waals surface area contributed by atoms with Crippen molar-refractivity contribution in [1.82, 2.24) is 0 Å². The smallest absolute Gasteiger partial charge is 0.307 e. The Morgan fingerprint density at radius 3 is 2.77 bits per heavy atom. The molecule has 0 spiro atoms. The van der Waals surface area contributed by atoms with Crippen molar-refractivity contribution in [3.8, 4) is 0 Å². The molecule has 0 aliphatic heterocycles. The van der Waals surface area contributed by atoms with Gasteiger partial charge in [0.15, 0.2) is 0 Å². The van der Waals surface area contributed by atoms with Gasteiger partial charge in [0, 0.05) is 11.9 Å². The normalized spacial score (nSPS) is 18.0. The molecule has 5 nitrogen and oxygen atoms in total. The Labute approximate surface area is 134 Å². The van der Waals surface area contributed by atoms with E-state index in [1.165, 1.54) is 19.1 Å². The lowest BCUT2D eigenvalue weighted by Crippen LogP contribution is -2.38. The molecule has 2 rings (SSSR count). The van der Waals surface area contributed by atoms with Crippen LogP contribution < -0.4 is 4.31 Å². The molecule has 0 saturated carbocycles. The molecule has 0 aromatic heterocycles. The summed E-state index contributed by atoms with van der Waals surface area (Å²) in [5, 5.41) is 0.168. The van der Waals surface area contributed by atoms with Crippen LogP contribution in [-0.2, 0) is 20.4 Å². The van der Waals surface area contributed by atoms with Crippen molar-refractivity contribution in [3.05, 3.63) is 40.9 Å². The van der Waals surface area contributed by atoms with Crippen LogP contribution in [0.3, 0.4) is 0 Å². The monoisotopic (exact) mass is 347 g/mol. The van der Waals surface area contributed by atoms with Crippen molar-refractivity contribution >= 4 is 34.1 Å². The highest BCUT2D eigenvalue weighted by atomic mass is 35.5. The van der Waals surface area contributed by atoms with Crippen molar-refractivity contribution in [2.75, 3.05) is 4.31 Å². The number of benzene rings is 1. The molecule has 22 heavy (non-hydrogen) atoms. The van der Waals surface area contributed by atoms with Crippen LogP contribution in [0.5, 0.6) is 0 Å². The lowest BCUT2D eigenvalue weighted by Gasteiger charge is -2.31. The van der Waals surface area contributed by atoms with E-state index in [1.807, 2.05) is 0 Å². The number of carbonyl (C=O) groups is 1. The number of hydrogen-bond acceptors (Lipinski definition) is 4. The lowest BCUT2D eigenvalue weighted by atomic mass is 10.00. The highest BCUT2D eigenvalue weighted by Gasteiger charge is 2.30. The zero-order chi connectivity index (χ0) is 16.3. The van der Waals surface area contributed by atoms with Crippen LogP contribution >= 0.6 is 11.6 Å². The van der Waals surface area contributed by atoms with Gasteiger partial charge in [-0.2, -0.15) is 0 Å². The molecular formula is C14H15ClFNO4S. The number of rotatable bonds is 4. The number of nitrogens with zero attached hydrogens (tertiary/aromatic N) is 1. The first-order chi connectivity index (χ1) is 10.4. The van der Waals surface area contributed by atoms with E-state index < -0.39 is 28.7 Å². The van der Waals surface area contributed by atoms with E-state index in [0.29, 0.717) is 19.3 Å². The molecule has 1 aliphatic carbocycles. The van der Waals surface area contributed by atoms with Gasteiger partial charge in [0.2, 0.25) is 10.9 Å². The largest absolute Gasteiger partial charge is 0.429 e. The molecule has 1 aliphatic rings. The molecule has 0 N–H and O–H groups in total. The van der Waals surface area contributed by atoms with Gasteiger partial charge in [0.1, 0.15) is 17.6 Å². The van der Waals surface area contributed by atoms with Crippen molar-refractivity contribution in [1.29, 1.82) is 0 Å². The van der Waals surface area contributed by atoms with Gasteiger partial charge in [-0.05, 0) is 43.5 Å². The molecular weight excluding hydrogens is 333 g/mol. The third-order valence-electron chi connectivity index (χ3n) is 3.24. The van der Waals surface area contributed by atoms with Crippen LogP contribution in [0.25, 0.3) is 0 Å². The SMILES string of the molecule is CC(=O)OC1=CCCCC1N(c1ccc(Cl)cc1F)[SH](=O)=O. The molecule has 0 amide bonds. The Hall–Kier alpha value is -1.60. The highest BCUT2D eigenvalue weighted by molar-refractivity contribution is 7.74. The van der Waals surface area contributed by atoms with E-state index in [4.69, 9.17) is 16.3 Å². The molecule has 120 valence electrons. The highest BCUT2D eigenvalue weighted by Crippen LogP contribution is 2.31. The Morgan fingerprint density at radius 2 is 2.18 bits per heavy atom. The summed E-state index contributed by atoms with van der Waals surface area (Å²) in [6, 6.07) is 3.00. The van der Waals surface area contributed by atoms with Gasteiger partial charge in [0.25, 0.3) is 0 Å². The number of hydrogen-bond donors (Lipinski definition) is 1. The summed E-state index contributed by atoms with van der Waals surface area (Å²) >= 11 is 5.69. The summed E-state index contributed by atoms with van der Waals surface area (Å²) in [5.74, 6) is -1.07. The summed E-state index contributed by atoms with van der Waals surface area (Å²) < 4.78 is 43.4. The van der Waals surface area contributed by atoms with Crippen LogP contribution in [0, 0.1) is 5.82 Å². The summed E-state index contributed by atoms with van der Waals surface area (Å²) in [6.45, 7) is 1.23. The lowest BCUT2D eigenvalue weighted by molar-refractivity contribution is -0.137. The van der Waals surface area contributed by atoms with E-state index in [0.717, 1.165) is 10.4 Å². The van der Waals surface area contributed by atoms with Crippen molar-refractivity contribution in [2.24, 2.45) is 0 Å². The standard InChI is InChI=1S/C14H15ClFNO4S/c1-9(18)21-14-5-3-2-4-13(14)17(22(19)20)12-7-6-10(15)8-11(12)16/h5-8,13,22H,2-4H2,1H3. The van der Waals surface area contributed by atoms with Gasteiger partial charge in [0.05, 0.1) is 5.69 Å². The first-order valence-corrected chi connectivity index (χ1v) is 8.18. The molecule has 0 radical (unpaired) electrons. The molecule has 1 aromatic carbocycles. The summed E-state index contributed by atoms with van der Waals surface area (Å²) in [7, 11) is -3.12. The summed E-state index contributed by atoms with van der Waals surface area (Å²) in [4.78, 5) is 11.2. The van der Waals surface area contributed by atoms with Crippen LogP contribution in [0.1, 0.15) is 26.2 Å². The second-order valence-corrected chi connectivity index (χ2v) is 6.17. The molecule has 8 heteroatoms. The molecule has 0 heterocycles. The zero-order valence-corrected chi connectivity index (χ0v) is 13.4. The van der Waals surface area contributed by atoms with E-state index >= 15 is 0 Å². The van der Waals surface area contributed by atoms with Crippen molar-refractivity contribution < 1.29 is 22.3 Å². The van der Waals surface area contributed by atoms with Gasteiger partial charge < -0.3 is 4.74 Å². The van der Waals surface area contributed by atoms with E-state index in [1.54, 1.807) is 6.08 Å². The number of ether oxygens (including phenoxy) is 1. The third kappa shape index (κ3) is 3.78. The van der Waals surface area contributed by atoms with Gasteiger partial charge in [-0.15, -0.1) is 0 Å². The third-order valence-corrected chi connectivity index (χ3v) is 4.33. The number of thiol groups is 1. The number of anilines is 1. The first kappa shape index (κ1) is 16.8.